The Kier molecular flexibility index (Phi) is 15.5. The van der Waals surface area contributed by atoms with Crippen molar-refractivity contribution in [3.63, 3.8) is 0 Å². The van der Waals surface area contributed by atoms with Crippen molar-refractivity contribution in [2.45, 2.75) is 154 Å². The molecule has 11 nitrogen and oxygen atoms in total. The number of nitrogens with one attached hydrogen (secondary N) is 1. The number of hydrogen-bond acceptors (Lipinski definition) is 10. The van der Waals surface area contributed by atoms with Crippen molar-refractivity contribution < 1.29 is 33.3 Å². The third-order valence-electron chi connectivity index (χ3n) is 6.03. The van der Waals surface area contributed by atoms with E-state index in [-0.39, 0.29) is 17.2 Å². The molecule has 0 saturated heterocycles. The Labute approximate surface area is 241 Å². The minimum absolute atomic E-state index is 0.00174. The lowest BCUT2D eigenvalue weighted by Crippen LogP contribution is -2.51. The largest absolute Gasteiger partial charge is 0.519 e. The molecule has 0 aromatic rings. The van der Waals surface area contributed by atoms with E-state index in [1.165, 1.54) is 25.7 Å². The van der Waals surface area contributed by atoms with Gasteiger partial charge in [-0.1, -0.05) is 38.5 Å². The molecule has 7 N–H and O–H groups in total. The van der Waals surface area contributed by atoms with Gasteiger partial charge in [-0.15, -0.1) is 0 Å². The average molecular weight is 575 g/mol. The maximum atomic E-state index is 11.5. The van der Waals surface area contributed by atoms with E-state index < -0.39 is 29.1 Å². The molecule has 2 aliphatic rings. The molecule has 40 heavy (non-hydrogen) atoms. The minimum atomic E-state index is -1.06. The minimum Gasteiger partial charge on any atom is -0.444 e. The third kappa shape index (κ3) is 20.7. The first kappa shape index (κ1) is 37.9. The van der Waals surface area contributed by atoms with Crippen molar-refractivity contribution >= 4 is 18.4 Å². The van der Waals surface area contributed by atoms with Crippen molar-refractivity contribution in [1.29, 1.82) is 0 Å². The molecular formula is C29H58N4O7. The number of ether oxygens (including phenoxy) is 4. The fourth-order valence-electron chi connectivity index (χ4n) is 4.06. The average Bonchev–Trinajstić information content (AvgIpc) is 2.76. The van der Waals surface area contributed by atoms with Gasteiger partial charge >= 0.3 is 18.4 Å². The van der Waals surface area contributed by atoms with Gasteiger partial charge in [0.05, 0.1) is 0 Å². The summed E-state index contributed by atoms with van der Waals surface area (Å²) in [4.78, 5) is 33.5. The Balaban J connectivity index is 0.000000592. The van der Waals surface area contributed by atoms with Gasteiger partial charge in [0.2, 0.25) is 0 Å². The zero-order valence-corrected chi connectivity index (χ0v) is 26.6. The van der Waals surface area contributed by atoms with Crippen LogP contribution in [0.3, 0.4) is 0 Å². The topological polar surface area (TPSA) is 178 Å². The van der Waals surface area contributed by atoms with Crippen molar-refractivity contribution in [2.75, 3.05) is 13.1 Å². The molecule has 11 heteroatoms. The van der Waals surface area contributed by atoms with Crippen molar-refractivity contribution in [3.8, 4) is 0 Å². The Hall–Kier alpha value is -2.11. The Morgan fingerprint density at radius 3 is 1.27 bits per heavy atom. The second-order valence-corrected chi connectivity index (χ2v) is 13.9. The molecule has 0 heterocycles. The summed E-state index contributed by atoms with van der Waals surface area (Å²) in [7, 11) is 0. The van der Waals surface area contributed by atoms with Gasteiger partial charge in [0.25, 0.3) is 0 Å². The molecule has 2 saturated carbocycles. The molecule has 2 rings (SSSR count). The molecule has 0 spiro atoms. The lowest BCUT2D eigenvalue weighted by Gasteiger charge is -2.33. The van der Waals surface area contributed by atoms with Gasteiger partial charge in [-0.2, -0.15) is 0 Å². The highest BCUT2D eigenvalue weighted by atomic mass is 16.8. The second kappa shape index (κ2) is 16.4. The van der Waals surface area contributed by atoms with Crippen LogP contribution in [-0.2, 0) is 18.9 Å². The first-order valence-electron chi connectivity index (χ1n) is 14.5. The van der Waals surface area contributed by atoms with Gasteiger partial charge < -0.3 is 41.5 Å². The standard InChI is InChI=1S/C12H24N2O2.C10H18O5.C7H16N2/c1-11(2,3)16-10(15)14-9-12(13)7-5-4-6-8-12;1-9(2,3)14-7(11)13-8(12)15-10(4,5)6;8-6-7(9)4-2-1-3-5-7/h4-9,13H2,1-3H3,(H,14,15);1-6H3;1-6,8-9H2. The smallest absolute Gasteiger partial charge is 0.444 e. The fraction of sp³-hybridized carbons (Fsp3) is 0.897. The van der Waals surface area contributed by atoms with Gasteiger partial charge in [-0.3, -0.25) is 0 Å². The van der Waals surface area contributed by atoms with Crippen LogP contribution in [0.25, 0.3) is 0 Å². The van der Waals surface area contributed by atoms with Gasteiger partial charge in [-0.25, -0.2) is 14.4 Å². The van der Waals surface area contributed by atoms with Gasteiger partial charge in [0, 0.05) is 24.2 Å². The number of rotatable bonds is 3. The third-order valence-corrected chi connectivity index (χ3v) is 6.03. The molecule has 0 aromatic heterocycles. The molecule has 0 bridgehead atoms. The SMILES string of the molecule is CC(C)(C)OC(=O)NCC1(N)CCCCC1.CC(C)(C)OC(=O)OC(=O)OC(C)(C)C.NCC1(N)CCCCC1. The Bertz CT molecular complexity index is 745. The lowest BCUT2D eigenvalue weighted by atomic mass is 9.82. The highest BCUT2D eigenvalue weighted by molar-refractivity contribution is 5.77. The first-order valence-corrected chi connectivity index (χ1v) is 14.5. The van der Waals surface area contributed by atoms with E-state index in [4.69, 9.17) is 31.4 Å². The van der Waals surface area contributed by atoms with Crippen LogP contribution in [0.5, 0.6) is 0 Å². The van der Waals surface area contributed by atoms with Crippen LogP contribution in [0.15, 0.2) is 0 Å². The highest BCUT2D eigenvalue weighted by Gasteiger charge is 2.29. The normalized spacial score (nSPS) is 18.4. The molecule has 2 aliphatic carbocycles. The van der Waals surface area contributed by atoms with E-state index in [0.717, 1.165) is 38.5 Å². The number of carbonyl (C=O) groups is 3. The molecular weight excluding hydrogens is 516 g/mol. The van der Waals surface area contributed by atoms with Crippen LogP contribution in [0.2, 0.25) is 0 Å². The fourth-order valence-corrected chi connectivity index (χ4v) is 4.06. The molecule has 0 atom stereocenters. The molecule has 0 aliphatic heterocycles. The lowest BCUT2D eigenvalue weighted by molar-refractivity contribution is -0.0294. The van der Waals surface area contributed by atoms with Gasteiger partial charge in [0.15, 0.2) is 0 Å². The number of amides is 1. The van der Waals surface area contributed by atoms with E-state index in [0.29, 0.717) is 13.1 Å². The van der Waals surface area contributed by atoms with Crippen molar-refractivity contribution in [3.05, 3.63) is 0 Å². The molecule has 2 fully saturated rings. The van der Waals surface area contributed by atoms with E-state index in [2.05, 4.69) is 10.1 Å². The van der Waals surface area contributed by atoms with E-state index in [9.17, 15) is 14.4 Å². The highest BCUT2D eigenvalue weighted by Crippen LogP contribution is 2.25. The summed E-state index contributed by atoms with van der Waals surface area (Å²) >= 11 is 0. The van der Waals surface area contributed by atoms with Crippen LogP contribution in [-0.4, -0.2) is 59.4 Å². The van der Waals surface area contributed by atoms with Crippen molar-refractivity contribution in [2.24, 2.45) is 17.2 Å². The summed E-state index contributed by atoms with van der Waals surface area (Å²) in [6.07, 6.45) is 9.21. The summed E-state index contributed by atoms with van der Waals surface area (Å²) in [5.41, 5.74) is 15.6. The molecule has 236 valence electrons. The predicted octanol–water partition coefficient (Wildman–Crippen LogP) is 5.65. The second-order valence-electron chi connectivity index (χ2n) is 13.9. The summed E-state index contributed by atoms with van der Waals surface area (Å²) < 4.78 is 19.0. The quantitative estimate of drug-likeness (QED) is 0.187. The summed E-state index contributed by atoms with van der Waals surface area (Å²) in [6, 6.07) is 0. The predicted molar refractivity (Wildman–Crippen MR) is 157 cm³/mol. The zero-order valence-electron chi connectivity index (χ0n) is 26.6. The zero-order chi connectivity index (χ0) is 31.3. The number of alkyl carbamates (subject to hydrolysis) is 1. The maximum absolute atomic E-state index is 11.5. The number of hydrogen-bond donors (Lipinski definition) is 4. The van der Waals surface area contributed by atoms with Crippen LogP contribution >= 0.6 is 0 Å². The van der Waals surface area contributed by atoms with E-state index in [1.54, 1.807) is 41.5 Å². The van der Waals surface area contributed by atoms with E-state index in [1.807, 2.05) is 20.8 Å². The summed E-state index contributed by atoms with van der Waals surface area (Å²) in [6.45, 7) is 16.8. The van der Waals surface area contributed by atoms with Crippen LogP contribution in [0.1, 0.15) is 127 Å². The van der Waals surface area contributed by atoms with Crippen LogP contribution in [0.4, 0.5) is 14.4 Å². The number of carbonyl (C=O) groups excluding carboxylic acids is 3. The first-order chi connectivity index (χ1) is 18.1. The summed E-state index contributed by atoms with van der Waals surface area (Å²) in [5.74, 6) is 0. The molecule has 0 radical (unpaired) electrons. The van der Waals surface area contributed by atoms with Crippen LogP contribution < -0.4 is 22.5 Å². The van der Waals surface area contributed by atoms with Crippen molar-refractivity contribution in [1.82, 2.24) is 5.32 Å². The molecule has 1 amide bonds. The molecule has 0 aromatic carbocycles. The summed E-state index contributed by atoms with van der Waals surface area (Å²) in [5, 5.41) is 2.76. The van der Waals surface area contributed by atoms with E-state index >= 15 is 0 Å². The van der Waals surface area contributed by atoms with Gasteiger partial charge in [-0.05, 0) is 88.0 Å². The Morgan fingerprint density at radius 2 is 0.975 bits per heavy atom. The van der Waals surface area contributed by atoms with Gasteiger partial charge in [0.1, 0.15) is 16.8 Å². The Morgan fingerprint density at radius 1 is 0.625 bits per heavy atom. The maximum Gasteiger partial charge on any atom is 0.519 e. The molecule has 0 unspecified atom stereocenters. The van der Waals surface area contributed by atoms with Crippen LogP contribution in [0, 0.1) is 0 Å². The monoisotopic (exact) mass is 574 g/mol. The number of nitrogens with two attached hydrogens (primary N) is 3.